The van der Waals surface area contributed by atoms with Crippen molar-refractivity contribution < 1.29 is 9.90 Å². The lowest BCUT2D eigenvalue weighted by atomic mass is 10.1. The molecule has 6 heteroatoms. The quantitative estimate of drug-likeness (QED) is 0.314. The summed E-state index contributed by atoms with van der Waals surface area (Å²) in [5.74, 6) is 4.29. The molecule has 96 valence electrons. The first-order chi connectivity index (χ1) is 8.61. The summed E-state index contributed by atoms with van der Waals surface area (Å²) in [6.07, 6.45) is 2.24. The first-order valence-electron chi connectivity index (χ1n) is 5.79. The van der Waals surface area contributed by atoms with E-state index in [1.54, 1.807) is 6.07 Å². The van der Waals surface area contributed by atoms with E-state index in [0.29, 0.717) is 5.56 Å². The highest BCUT2D eigenvalue weighted by atomic mass is 16.4. The van der Waals surface area contributed by atoms with Crippen LogP contribution in [0.5, 0.6) is 0 Å². The number of amidine groups is 1. The maximum Gasteiger partial charge on any atom is 0.335 e. The fraction of sp³-hybridized carbons (Fsp3) is 0.333. The van der Waals surface area contributed by atoms with Gasteiger partial charge in [-0.2, -0.15) is 5.10 Å². The summed E-state index contributed by atoms with van der Waals surface area (Å²) < 4.78 is 0. The highest BCUT2D eigenvalue weighted by Crippen LogP contribution is 2.23. The van der Waals surface area contributed by atoms with Crippen LogP contribution in [0.4, 0.5) is 5.69 Å². The number of anilines is 1. The zero-order valence-corrected chi connectivity index (χ0v) is 9.97. The van der Waals surface area contributed by atoms with Crippen LogP contribution in [0.1, 0.15) is 28.8 Å². The Balaban J connectivity index is 2.45. The lowest BCUT2D eigenvalue weighted by molar-refractivity contribution is 0.0697. The first kappa shape index (κ1) is 12.2. The van der Waals surface area contributed by atoms with Crippen molar-refractivity contribution in [2.75, 3.05) is 18.0 Å². The van der Waals surface area contributed by atoms with Gasteiger partial charge < -0.3 is 21.6 Å². The smallest absolute Gasteiger partial charge is 0.335 e. The molecule has 0 radical (unpaired) electrons. The molecule has 1 aliphatic rings. The molecule has 6 nitrogen and oxygen atoms in total. The van der Waals surface area contributed by atoms with Crippen LogP contribution in [-0.4, -0.2) is 30.0 Å². The number of carboxylic acids is 1. The molecule has 0 aromatic heterocycles. The Morgan fingerprint density at radius 2 is 1.83 bits per heavy atom. The second-order valence-corrected chi connectivity index (χ2v) is 4.28. The van der Waals surface area contributed by atoms with Crippen LogP contribution < -0.4 is 16.5 Å². The van der Waals surface area contributed by atoms with Crippen molar-refractivity contribution in [1.82, 2.24) is 0 Å². The summed E-state index contributed by atoms with van der Waals surface area (Å²) >= 11 is 0. The van der Waals surface area contributed by atoms with Crippen molar-refractivity contribution in [3.8, 4) is 0 Å². The normalized spacial score (nSPS) is 16.0. The standard InChI is InChI=1S/C12H16N4O2/c13-11(15-14)8-5-9(12(17)18)7-10(6-8)16-3-1-2-4-16/h5-7H,1-4,14H2,(H2,13,15)(H,17,18). The van der Waals surface area contributed by atoms with E-state index in [-0.39, 0.29) is 11.4 Å². The summed E-state index contributed by atoms with van der Waals surface area (Å²) in [7, 11) is 0. The fourth-order valence-corrected chi connectivity index (χ4v) is 2.11. The van der Waals surface area contributed by atoms with Crippen molar-refractivity contribution in [2.24, 2.45) is 16.7 Å². The molecule has 1 aliphatic heterocycles. The molecule has 0 aliphatic carbocycles. The molecule has 18 heavy (non-hydrogen) atoms. The Morgan fingerprint density at radius 3 is 2.39 bits per heavy atom. The molecule has 1 fully saturated rings. The lowest BCUT2D eigenvalue weighted by Gasteiger charge is -2.19. The van der Waals surface area contributed by atoms with Gasteiger partial charge in [-0.3, -0.25) is 0 Å². The lowest BCUT2D eigenvalue weighted by Crippen LogP contribution is -2.21. The number of hydrogen-bond donors (Lipinski definition) is 3. The number of nitrogens with zero attached hydrogens (tertiary/aromatic N) is 2. The number of benzene rings is 1. The summed E-state index contributed by atoms with van der Waals surface area (Å²) in [5, 5.41) is 12.5. The van der Waals surface area contributed by atoms with Crippen LogP contribution >= 0.6 is 0 Å². The number of carboxylic acid groups (broad SMARTS) is 1. The third-order valence-electron chi connectivity index (χ3n) is 3.07. The zero-order chi connectivity index (χ0) is 13.1. The third kappa shape index (κ3) is 2.37. The predicted octanol–water partition coefficient (Wildman–Crippen LogP) is 0.564. The van der Waals surface area contributed by atoms with Gasteiger partial charge in [-0.25, -0.2) is 4.79 Å². The van der Waals surface area contributed by atoms with Crippen LogP contribution in [0.2, 0.25) is 0 Å². The second-order valence-electron chi connectivity index (χ2n) is 4.28. The summed E-state index contributed by atoms with van der Waals surface area (Å²) in [6, 6.07) is 4.96. The minimum atomic E-state index is -0.984. The first-order valence-corrected chi connectivity index (χ1v) is 5.79. The topological polar surface area (TPSA) is 105 Å². The molecule has 0 spiro atoms. The van der Waals surface area contributed by atoms with E-state index in [4.69, 9.17) is 16.7 Å². The van der Waals surface area contributed by atoms with Gasteiger partial charge >= 0.3 is 5.97 Å². The molecule has 1 saturated heterocycles. The zero-order valence-electron chi connectivity index (χ0n) is 9.97. The van der Waals surface area contributed by atoms with Gasteiger partial charge in [0.15, 0.2) is 0 Å². The third-order valence-corrected chi connectivity index (χ3v) is 3.07. The Labute approximate surface area is 105 Å². The van der Waals surface area contributed by atoms with Gasteiger partial charge in [-0.05, 0) is 31.0 Å². The number of hydrogen-bond acceptors (Lipinski definition) is 4. The summed E-state index contributed by atoms with van der Waals surface area (Å²) in [5.41, 5.74) is 7.24. The maximum atomic E-state index is 11.1. The van der Waals surface area contributed by atoms with Crippen molar-refractivity contribution in [2.45, 2.75) is 12.8 Å². The molecule has 0 amide bonds. The fourth-order valence-electron chi connectivity index (χ4n) is 2.11. The molecule has 0 bridgehead atoms. The summed E-state index contributed by atoms with van der Waals surface area (Å²) in [6.45, 7) is 1.87. The van der Waals surface area contributed by atoms with E-state index in [9.17, 15) is 4.79 Å². The molecule has 0 atom stereocenters. The van der Waals surface area contributed by atoms with Gasteiger partial charge in [0, 0.05) is 24.3 Å². The maximum absolute atomic E-state index is 11.1. The molecule has 2 rings (SSSR count). The molecule has 1 aromatic carbocycles. The number of hydrazone groups is 1. The van der Waals surface area contributed by atoms with E-state index < -0.39 is 5.97 Å². The van der Waals surface area contributed by atoms with Gasteiger partial charge in [-0.1, -0.05) is 0 Å². The van der Waals surface area contributed by atoms with Crippen molar-refractivity contribution >= 4 is 17.5 Å². The Kier molecular flexibility index (Phi) is 3.36. The van der Waals surface area contributed by atoms with Crippen molar-refractivity contribution in [1.29, 1.82) is 0 Å². The van der Waals surface area contributed by atoms with Crippen LogP contribution in [0.25, 0.3) is 0 Å². The number of carbonyl (C=O) groups is 1. The average Bonchev–Trinajstić information content (AvgIpc) is 2.91. The van der Waals surface area contributed by atoms with E-state index >= 15 is 0 Å². The monoisotopic (exact) mass is 248 g/mol. The van der Waals surface area contributed by atoms with Crippen LogP contribution in [0.15, 0.2) is 23.3 Å². The van der Waals surface area contributed by atoms with Gasteiger partial charge in [-0.15, -0.1) is 0 Å². The van der Waals surface area contributed by atoms with Gasteiger partial charge in [0.25, 0.3) is 0 Å². The van der Waals surface area contributed by atoms with E-state index in [1.807, 2.05) is 6.07 Å². The van der Waals surface area contributed by atoms with E-state index in [2.05, 4.69) is 10.0 Å². The molecule has 5 N–H and O–H groups in total. The van der Waals surface area contributed by atoms with Crippen LogP contribution in [0, 0.1) is 0 Å². The Bertz CT molecular complexity index is 493. The van der Waals surface area contributed by atoms with E-state index in [0.717, 1.165) is 31.6 Å². The molecule has 1 heterocycles. The van der Waals surface area contributed by atoms with Gasteiger partial charge in [0.05, 0.1) is 5.56 Å². The number of rotatable bonds is 3. The Hall–Kier alpha value is -2.24. The van der Waals surface area contributed by atoms with Gasteiger partial charge in [0.1, 0.15) is 5.84 Å². The minimum absolute atomic E-state index is 0.138. The molecule has 0 saturated carbocycles. The highest BCUT2D eigenvalue weighted by Gasteiger charge is 2.16. The van der Waals surface area contributed by atoms with E-state index in [1.165, 1.54) is 6.07 Å². The highest BCUT2D eigenvalue weighted by molar-refractivity contribution is 6.01. The molecule has 1 aromatic rings. The molecular formula is C12H16N4O2. The average molecular weight is 248 g/mol. The second kappa shape index (κ2) is 4.95. The predicted molar refractivity (Wildman–Crippen MR) is 69.8 cm³/mol. The largest absolute Gasteiger partial charge is 0.478 e. The van der Waals surface area contributed by atoms with Crippen LogP contribution in [0.3, 0.4) is 0 Å². The number of nitrogens with two attached hydrogens (primary N) is 2. The molecular weight excluding hydrogens is 232 g/mol. The minimum Gasteiger partial charge on any atom is -0.478 e. The number of aromatic carboxylic acids is 1. The molecule has 0 unspecified atom stereocenters. The Morgan fingerprint density at radius 1 is 1.22 bits per heavy atom. The van der Waals surface area contributed by atoms with Crippen LogP contribution in [-0.2, 0) is 0 Å². The van der Waals surface area contributed by atoms with Gasteiger partial charge in [0.2, 0.25) is 0 Å². The summed E-state index contributed by atoms with van der Waals surface area (Å²) in [4.78, 5) is 13.2. The SMILES string of the molecule is NN=C(N)c1cc(C(=O)O)cc(N2CCCC2)c1. The van der Waals surface area contributed by atoms with Crippen molar-refractivity contribution in [3.05, 3.63) is 29.3 Å². The van der Waals surface area contributed by atoms with Crippen molar-refractivity contribution in [3.63, 3.8) is 0 Å².